The van der Waals surface area contributed by atoms with Gasteiger partial charge in [-0.05, 0) is 49.2 Å². The first-order valence-corrected chi connectivity index (χ1v) is 6.40. The van der Waals surface area contributed by atoms with Gasteiger partial charge in [-0.3, -0.25) is 4.79 Å². The average molecular weight is 270 g/mol. The summed E-state index contributed by atoms with van der Waals surface area (Å²) >= 11 is 0. The van der Waals surface area contributed by atoms with Gasteiger partial charge in [0.05, 0.1) is 11.4 Å². The number of carbonyl (C=O) groups excluding carboxylic acids is 1. The van der Waals surface area contributed by atoms with E-state index >= 15 is 0 Å². The maximum atomic E-state index is 11.8. The Labute approximate surface area is 118 Å². The molecule has 0 heterocycles. The largest absolute Gasteiger partial charge is 0.484 e. The van der Waals surface area contributed by atoms with Gasteiger partial charge in [0.25, 0.3) is 5.91 Å². The van der Waals surface area contributed by atoms with Crippen molar-refractivity contribution in [3.8, 4) is 5.75 Å². The molecule has 0 aliphatic carbocycles. The molecule has 0 spiro atoms. The van der Waals surface area contributed by atoms with Crippen LogP contribution in [0.25, 0.3) is 0 Å². The molecule has 0 saturated carbocycles. The van der Waals surface area contributed by atoms with E-state index in [9.17, 15) is 4.79 Å². The second-order valence-corrected chi connectivity index (χ2v) is 4.67. The van der Waals surface area contributed by atoms with E-state index in [2.05, 4.69) is 5.32 Å². The van der Waals surface area contributed by atoms with Crippen LogP contribution in [0.5, 0.6) is 5.75 Å². The number of nitrogens with two attached hydrogens (primary N) is 1. The first-order chi connectivity index (χ1) is 9.56. The van der Waals surface area contributed by atoms with E-state index in [0.717, 1.165) is 11.1 Å². The zero-order valence-electron chi connectivity index (χ0n) is 11.6. The highest BCUT2D eigenvalue weighted by Crippen LogP contribution is 2.22. The van der Waals surface area contributed by atoms with Crippen molar-refractivity contribution in [2.45, 2.75) is 13.8 Å². The molecule has 0 aromatic heterocycles. The van der Waals surface area contributed by atoms with Crippen LogP contribution in [0.15, 0.2) is 42.5 Å². The Balaban J connectivity index is 1.97. The van der Waals surface area contributed by atoms with Crippen molar-refractivity contribution in [2.75, 3.05) is 17.7 Å². The topological polar surface area (TPSA) is 64.3 Å². The lowest BCUT2D eigenvalue weighted by atomic mass is 10.1. The molecule has 0 fully saturated rings. The highest BCUT2D eigenvalue weighted by Gasteiger charge is 2.07. The number of amides is 1. The lowest BCUT2D eigenvalue weighted by Gasteiger charge is -2.11. The zero-order valence-corrected chi connectivity index (χ0v) is 11.6. The number of nitrogens with one attached hydrogen (secondary N) is 1. The van der Waals surface area contributed by atoms with Crippen molar-refractivity contribution in [3.63, 3.8) is 0 Å². The van der Waals surface area contributed by atoms with Gasteiger partial charge >= 0.3 is 0 Å². The van der Waals surface area contributed by atoms with E-state index in [4.69, 9.17) is 10.5 Å². The molecule has 0 aliphatic heterocycles. The molecule has 0 unspecified atom stereocenters. The number of anilines is 2. The van der Waals surface area contributed by atoms with Crippen LogP contribution in [0.2, 0.25) is 0 Å². The van der Waals surface area contributed by atoms with Gasteiger partial charge in [-0.1, -0.05) is 18.2 Å². The van der Waals surface area contributed by atoms with Crippen LogP contribution in [-0.2, 0) is 4.79 Å². The second-order valence-electron chi connectivity index (χ2n) is 4.67. The highest BCUT2D eigenvalue weighted by atomic mass is 16.5. The quantitative estimate of drug-likeness (QED) is 0.840. The fourth-order valence-electron chi connectivity index (χ4n) is 1.80. The predicted molar refractivity (Wildman–Crippen MR) is 80.9 cm³/mol. The third-order valence-corrected chi connectivity index (χ3v) is 3.05. The van der Waals surface area contributed by atoms with Gasteiger partial charge in [-0.25, -0.2) is 0 Å². The number of hydrogen-bond donors (Lipinski definition) is 2. The number of nitrogen functional groups attached to an aromatic ring is 1. The molecular formula is C16H18N2O2. The monoisotopic (exact) mass is 270 g/mol. The molecule has 0 bridgehead atoms. The molecule has 0 saturated heterocycles. The Morgan fingerprint density at radius 2 is 1.80 bits per heavy atom. The Bertz CT molecular complexity index is 609. The zero-order chi connectivity index (χ0) is 14.5. The van der Waals surface area contributed by atoms with Gasteiger partial charge in [0.1, 0.15) is 5.75 Å². The Hall–Kier alpha value is -2.49. The van der Waals surface area contributed by atoms with Crippen LogP contribution in [0, 0.1) is 13.8 Å². The highest BCUT2D eigenvalue weighted by molar-refractivity contribution is 5.95. The molecule has 4 heteroatoms. The number of ether oxygens (including phenoxy) is 1. The van der Waals surface area contributed by atoms with Crippen molar-refractivity contribution in [1.82, 2.24) is 0 Å². The summed E-state index contributed by atoms with van der Waals surface area (Å²) in [7, 11) is 0. The van der Waals surface area contributed by atoms with Gasteiger partial charge in [-0.2, -0.15) is 0 Å². The van der Waals surface area contributed by atoms with E-state index in [1.54, 1.807) is 12.1 Å². The standard InChI is InChI=1S/C16H18N2O2/c1-11-8-14(17)15(9-12(11)2)18-16(19)10-20-13-6-4-3-5-7-13/h3-9H,10,17H2,1-2H3,(H,18,19). The van der Waals surface area contributed by atoms with E-state index in [1.807, 2.05) is 44.2 Å². The van der Waals surface area contributed by atoms with Gasteiger partial charge in [0.2, 0.25) is 0 Å². The summed E-state index contributed by atoms with van der Waals surface area (Å²) in [6, 6.07) is 12.9. The molecule has 4 nitrogen and oxygen atoms in total. The van der Waals surface area contributed by atoms with Crippen LogP contribution < -0.4 is 15.8 Å². The summed E-state index contributed by atoms with van der Waals surface area (Å²) in [4.78, 5) is 11.8. The van der Waals surface area contributed by atoms with Crippen LogP contribution >= 0.6 is 0 Å². The SMILES string of the molecule is Cc1cc(N)c(NC(=O)COc2ccccc2)cc1C. The molecule has 0 aliphatic rings. The molecule has 20 heavy (non-hydrogen) atoms. The minimum atomic E-state index is -0.233. The Morgan fingerprint density at radius 3 is 2.50 bits per heavy atom. The van der Waals surface area contributed by atoms with Crippen molar-refractivity contribution < 1.29 is 9.53 Å². The third-order valence-electron chi connectivity index (χ3n) is 3.05. The molecule has 0 atom stereocenters. The molecule has 2 aromatic carbocycles. The predicted octanol–water partition coefficient (Wildman–Crippen LogP) is 2.90. The normalized spacial score (nSPS) is 10.1. The molecule has 2 aromatic rings. The van der Waals surface area contributed by atoms with Gasteiger partial charge in [-0.15, -0.1) is 0 Å². The summed E-state index contributed by atoms with van der Waals surface area (Å²) in [5, 5.41) is 2.76. The molecule has 2 rings (SSSR count). The minimum absolute atomic E-state index is 0.0453. The molecule has 1 amide bonds. The van der Waals surface area contributed by atoms with Crippen LogP contribution in [-0.4, -0.2) is 12.5 Å². The number of hydrogen-bond acceptors (Lipinski definition) is 3. The number of carbonyl (C=O) groups is 1. The van der Waals surface area contributed by atoms with Gasteiger partial charge in [0, 0.05) is 0 Å². The maximum Gasteiger partial charge on any atom is 0.262 e. The Kier molecular flexibility index (Phi) is 4.25. The summed E-state index contributed by atoms with van der Waals surface area (Å²) in [6.45, 7) is 3.91. The lowest BCUT2D eigenvalue weighted by molar-refractivity contribution is -0.118. The molecule has 104 valence electrons. The lowest BCUT2D eigenvalue weighted by Crippen LogP contribution is -2.21. The minimum Gasteiger partial charge on any atom is -0.484 e. The second kappa shape index (κ2) is 6.10. The summed E-state index contributed by atoms with van der Waals surface area (Å²) in [6.07, 6.45) is 0. The van der Waals surface area contributed by atoms with E-state index in [0.29, 0.717) is 17.1 Å². The smallest absolute Gasteiger partial charge is 0.262 e. The molecule has 0 radical (unpaired) electrons. The van der Waals surface area contributed by atoms with Gasteiger partial charge < -0.3 is 15.8 Å². The van der Waals surface area contributed by atoms with Crippen LogP contribution in [0.3, 0.4) is 0 Å². The molecular weight excluding hydrogens is 252 g/mol. The fraction of sp³-hybridized carbons (Fsp3) is 0.188. The average Bonchev–Trinajstić information content (AvgIpc) is 2.44. The number of para-hydroxylation sites is 1. The Morgan fingerprint density at radius 1 is 1.15 bits per heavy atom. The maximum absolute atomic E-state index is 11.8. The fourth-order valence-corrected chi connectivity index (χ4v) is 1.80. The van der Waals surface area contributed by atoms with Gasteiger partial charge in [0.15, 0.2) is 6.61 Å². The summed E-state index contributed by atoms with van der Waals surface area (Å²) < 4.78 is 5.38. The molecule has 3 N–H and O–H groups in total. The first kappa shape index (κ1) is 13.9. The first-order valence-electron chi connectivity index (χ1n) is 6.40. The van der Waals surface area contributed by atoms with Crippen molar-refractivity contribution >= 4 is 17.3 Å². The van der Waals surface area contributed by atoms with Crippen molar-refractivity contribution in [1.29, 1.82) is 0 Å². The number of benzene rings is 2. The van der Waals surface area contributed by atoms with E-state index < -0.39 is 0 Å². The van der Waals surface area contributed by atoms with Crippen LogP contribution in [0.1, 0.15) is 11.1 Å². The number of rotatable bonds is 4. The van der Waals surface area contributed by atoms with Crippen molar-refractivity contribution in [2.24, 2.45) is 0 Å². The summed E-state index contributed by atoms with van der Waals surface area (Å²) in [5.74, 6) is 0.430. The van der Waals surface area contributed by atoms with Crippen LogP contribution in [0.4, 0.5) is 11.4 Å². The van der Waals surface area contributed by atoms with E-state index in [-0.39, 0.29) is 12.5 Å². The third kappa shape index (κ3) is 3.51. The van der Waals surface area contributed by atoms with E-state index in [1.165, 1.54) is 0 Å². The summed E-state index contributed by atoms with van der Waals surface area (Å²) in [5.41, 5.74) is 9.25. The van der Waals surface area contributed by atoms with Crippen molar-refractivity contribution in [3.05, 3.63) is 53.6 Å². The number of aryl methyl sites for hydroxylation is 2.